The highest BCUT2D eigenvalue weighted by atomic mass is 79.9. The van der Waals surface area contributed by atoms with E-state index in [-0.39, 0.29) is 0 Å². The fourth-order valence-corrected chi connectivity index (χ4v) is 2.63. The van der Waals surface area contributed by atoms with Crippen molar-refractivity contribution in [2.75, 3.05) is 0 Å². The minimum atomic E-state index is 0.347. The van der Waals surface area contributed by atoms with Crippen LogP contribution in [0.3, 0.4) is 0 Å². The van der Waals surface area contributed by atoms with Gasteiger partial charge in [-0.1, -0.05) is 37.2 Å². The number of pyridine rings is 1. The first kappa shape index (κ1) is 12.4. The minimum Gasteiger partial charge on any atom is -0.364 e. The van der Waals surface area contributed by atoms with Crippen LogP contribution in [0.5, 0.6) is 0 Å². The van der Waals surface area contributed by atoms with Gasteiger partial charge in [0.15, 0.2) is 0 Å². The lowest BCUT2D eigenvalue weighted by Crippen LogP contribution is -1.93. The third-order valence-electron chi connectivity index (χ3n) is 3.12. The molecule has 0 saturated heterocycles. The number of para-hydroxylation sites is 1. The fourth-order valence-electron chi connectivity index (χ4n) is 2.14. The second-order valence-corrected chi connectivity index (χ2v) is 5.50. The van der Waals surface area contributed by atoms with Gasteiger partial charge in [-0.2, -0.15) is 0 Å². The van der Waals surface area contributed by atoms with Gasteiger partial charge in [-0.05, 0) is 27.9 Å². The predicted octanol–water partition coefficient (Wildman–Crippen LogP) is 4.58. The summed E-state index contributed by atoms with van der Waals surface area (Å²) in [6.45, 7) is 4.24. The Bertz CT molecular complexity index is 734. The SMILES string of the molecule is CC(C)c1conc1-c1c(Br)[c]nc2ccccc12. The lowest BCUT2D eigenvalue weighted by atomic mass is 9.98. The molecule has 0 unspecified atom stereocenters. The third-order valence-corrected chi connectivity index (χ3v) is 3.70. The Balaban J connectivity index is 2.35. The Morgan fingerprint density at radius 3 is 2.84 bits per heavy atom. The molecule has 0 atom stereocenters. The van der Waals surface area contributed by atoms with Crippen molar-refractivity contribution in [3.05, 3.63) is 46.8 Å². The van der Waals surface area contributed by atoms with E-state index in [1.165, 1.54) is 0 Å². The van der Waals surface area contributed by atoms with Gasteiger partial charge in [-0.15, -0.1) is 0 Å². The smallest absolute Gasteiger partial charge is 0.127 e. The molecule has 4 heteroatoms. The van der Waals surface area contributed by atoms with Crippen LogP contribution in [-0.2, 0) is 0 Å². The number of fused-ring (bicyclic) bond motifs is 1. The molecule has 19 heavy (non-hydrogen) atoms. The summed E-state index contributed by atoms with van der Waals surface area (Å²) in [6, 6.07) is 7.97. The van der Waals surface area contributed by atoms with Crippen LogP contribution in [0.2, 0.25) is 0 Å². The molecule has 0 aliphatic rings. The van der Waals surface area contributed by atoms with E-state index >= 15 is 0 Å². The summed E-state index contributed by atoms with van der Waals surface area (Å²) < 4.78 is 5.97. The van der Waals surface area contributed by atoms with Crippen LogP contribution in [0.15, 0.2) is 39.5 Å². The molecule has 3 aromatic rings. The van der Waals surface area contributed by atoms with E-state index in [9.17, 15) is 0 Å². The van der Waals surface area contributed by atoms with Crippen molar-refractivity contribution in [1.29, 1.82) is 0 Å². The van der Waals surface area contributed by atoms with Gasteiger partial charge in [0.25, 0.3) is 0 Å². The molecule has 0 aliphatic heterocycles. The van der Waals surface area contributed by atoms with E-state index in [0.717, 1.165) is 32.2 Å². The lowest BCUT2D eigenvalue weighted by molar-refractivity contribution is 0.421. The number of hydrogen-bond acceptors (Lipinski definition) is 3. The number of benzene rings is 1. The van der Waals surface area contributed by atoms with Crippen LogP contribution in [0, 0.1) is 6.20 Å². The van der Waals surface area contributed by atoms with Gasteiger partial charge < -0.3 is 4.52 Å². The van der Waals surface area contributed by atoms with Gasteiger partial charge in [0.1, 0.15) is 18.2 Å². The maximum Gasteiger partial charge on any atom is 0.127 e. The normalized spacial score (nSPS) is 11.4. The van der Waals surface area contributed by atoms with Gasteiger partial charge in [0.05, 0.1) is 9.99 Å². The summed E-state index contributed by atoms with van der Waals surface area (Å²) >= 11 is 3.52. The minimum absolute atomic E-state index is 0.347. The van der Waals surface area contributed by atoms with Gasteiger partial charge in [-0.25, -0.2) is 4.98 Å². The molecule has 0 spiro atoms. The molecule has 2 aromatic heterocycles. The molecule has 0 fully saturated rings. The zero-order valence-corrected chi connectivity index (χ0v) is 12.2. The number of aromatic nitrogens is 2. The standard InChI is InChI=1S/C15H12BrN2O/c1-9(2)11-8-19-18-15(11)14-10-5-3-4-6-13(10)17-7-12(14)16/h3-6,8-9H,1-2H3. The first-order chi connectivity index (χ1) is 9.18. The largest absolute Gasteiger partial charge is 0.364 e. The maximum atomic E-state index is 5.16. The van der Waals surface area contributed by atoms with Crippen molar-refractivity contribution in [2.45, 2.75) is 19.8 Å². The van der Waals surface area contributed by atoms with Gasteiger partial charge in [0.2, 0.25) is 0 Å². The number of hydrogen-bond donors (Lipinski definition) is 0. The van der Waals surface area contributed by atoms with Crippen LogP contribution in [0.4, 0.5) is 0 Å². The van der Waals surface area contributed by atoms with Crippen molar-refractivity contribution >= 4 is 26.8 Å². The maximum absolute atomic E-state index is 5.16. The number of rotatable bonds is 2. The van der Waals surface area contributed by atoms with E-state index in [1.54, 1.807) is 6.26 Å². The van der Waals surface area contributed by atoms with E-state index in [2.05, 4.69) is 46.1 Å². The summed E-state index contributed by atoms with van der Waals surface area (Å²) in [5.74, 6) is 0.347. The van der Waals surface area contributed by atoms with Gasteiger partial charge in [0, 0.05) is 16.5 Å². The number of nitrogens with zero attached hydrogens (tertiary/aromatic N) is 2. The second-order valence-electron chi connectivity index (χ2n) is 4.70. The third kappa shape index (κ3) is 2.06. The van der Waals surface area contributed by atoms with Gasteiger partial charge >= 0.3 is 0 Å². The van der Waals surface area contributed by atoms with Crippen LogP contribution in [-0.4, -0.2) is 10.1 Å². The molecule has 3 rings (SSSR count). The highest BCUT2D eigenvalue weighted by Gasteiger charge is 2.18. The summed E-state index contributed by atoms with van der Waals surface area (Å²) in [7, 11) is 0. The topological polar surface area (TPSA) is 38.9 Å². The van der Waals surface area contributed by atoms with E-state index in [1.807, 2.05) is 24.3 Å². The monoisotopic (exact) mass is 315 g/mol. The average molecular weight is 316 g/mol. The van der Waals surface area contributed by atoms with Crippen LogP contribution < -0.4 is 0 Å². The molecule has 0 bridgehead atoms. The zero-order valence-electron chi connectivity index (χ0n) is 10.6. The molecule has 0 N–H and O–H groups in total. The van der Waals surface area contributed by atoms with Crippen molar-refractivity contribution in [1.82, 2.24) is 10.1 Å². The first-order valence-electron chi connectivity index (χ1n) is 6.09. The van der Waals surface area contributed by atoms with Crippen molar-refractivity contribution in [3.63, 3.8) is 0 Å². The molecule has 2 heterocycles. The molecule has 95 valence electrons. The lowest BCUT2D eigenvalue weighted by Gasteiger charge is -2.09. The summed E-state index contributed by atoms with van der Waals surface area (Å²) in [4.78, 5) is 4.30. The second kappa shape index (κ2) is 4.78. The van der Waals surface area contributed by atoms with Gasteiger partial charge in [-0.3, -0.25) is 0 Å². The zero-order chi connectivity index (χ0) is 13.4. The summed E-state index contributed by atoms with van der Waals surface area (Å²) in [5.41, 5.74) is 3.84. The molecular weight excluding hydrogens is 304 g/mol. The van der Waals surface area contributed by atoms with Crippen LogP contribution >= 0.6 is 15.9 Å². The molecule has 0 amide bonds. The molecule has 1 aromatic carbocycles. The summed E-state index contributed by atoms with van der Waals surface area (Å²) in [6.07, 6.45) is 4.69. The van der Waals surface area contributed by atoms with Crippen molar-refractivity contribution in [3.8, 4) is 11.3 Å². The van der Waals surface area contributed by atoms with E-state index in [0.29, 0.717) is 5.92 Å². The van der Waals surface area contributed by atoms with Crippen LogP contribution in [0.1, 0.15) is 25.3 Å². The summed E-state index contributed by atoms with van der Waals surface area (Å²) in [5, 5.41) is 5.21. The highest BCUT2D eigenvalue weighted by Crippen LogP contribution is 2.37. The number of halogens is 1. The molecule has 0 saturated carbocycles. The Kier molecular flexibility index (Phi) is 3.11. The van der Waals surface area contributed by atoms with E-state index in [4.69, 9.17) is 4.52 Å². The van der Waals surface area contributed by atoms with Crippen molar-refractivity contribution in [2.24, 2.45) is 0 Å². The first-order valence-corrected chi connectivity index (χ1v) is 6.88. The molecule has 3 nitrogen and oxygen atoms in total. The molecule has 0 aliphatic carbocycles. The predicted molar refractivity (Wildman–Crippen MR) is 77.9 cm³/mol. The highest BCUT2D eigenvalue weighted by molar-refractivity contribution is 9.10. The van der Waals surface area contributed by atoms with E-state index < -0.39 is 0 Å². The Morgan fingerprint density at radius 1 is 1.26 bits per heavy atom. The van der Waals surface area contributed by atoms with Crippen molar-refractivity contribution < 1.29 is 4.52 Å². The Morgan fingerprint density at radius 2 is 2.05 bits per heavy atom. The quantitative estimate of drug-likeness (QED) is 0.695. The van der Waals surface area contributed by atoms with Crippen LogP contribution in [0.25, 0.3) is 22.2 Å². The molecular formula is C15H12BrN2O. The Labute approximate surface area is 119 Å². The Hall–Kier alpha value is -1.68. The fraction of sp³-hybridized carbons (Fsp3) is 0.200. The molecule has 1 radical (unpaired) electrons. The average Bonchev–Trinajstić information content (AvgIpc) is 2.87.